The van der Waals surface area contributed by atoms with Crippen LogP contribution in [0.2, 0.25) is 0 Å². The summed E-state index contributed by atoms with van der Waals surface area (Å²) in [5, 5.41) is 2.80. The van der Waals surface area contributed by atoms with Gasteiger partial charge >= 0.3 is 0 Å². The first-order chi connectivity index (χ1) is 7.74. The van der Waals surface area contributed by atoms with Crippen LogP contribution in [0.15, 0.2) is 47.5 Å². The number of imidazole rings is 1. The van der Waals surface area contributed by atoms with E-state index in [1.807, 2.05) is 24.3 Å². The maximum Gasteiger partial charge on any atom is 0.244 e. The number of rotatable bonds is 3. The van der Waals surface area contributed by atoms with Gasteiger partial charge in [0, 0.05) is 22.6 Å². The highest BCUT2D eigenvalue weighted by atomic mass is 79.9. The molecule has 1 heterocycles. The van der Waals surface area contributed by atoms with E-state index < -0.39 is 0 Å². The fourth-order valence-corrected chi connectivity index (χ4v) is 1.54. The zero-order valence-electron chi connectivity index (χ0n) is 8.43. The average molecular weight is 280 g/mol. The van der Waals surface area contributed by atoms with Crippen LogP contribution < -0.4 is 5.32 Å². The Morgan fingerprint density at radius 1 is 1.38 bits per heavy atom. The summed E-state index contributed by atoms with van der Waals surface area (Å²) in [6.45, 7) is 0.274. The van der Waals surface area contributed by atoms with Crippen molar-refractivity contribution in [1.82, 2.24) is 9.55 Å². The highest BCUT2D eigenvalue weighted by Gasteiger charge is 2.02. The SMILES string of the molecule is O=C(Cn1ccnc1)Nc1ccc(Br)cc1. The van der Waals surface area contributed by atoms with Crippen LogP contribution in [0.4, 0.5) is 5.69 Å². The molecule has 82 valence electrons. The van der Waals surface area contributed by atoms with Crippen LogP contribution in [0, 0.1) is 0 Å². The van der Waals surface area contributed by atoms with Gasteiger partial charge in [0.2, 0.25) is 5.91 Å². The monoisotopic (exact) mass is 279 g/mol. The predicted molar refractivity (Wildman–Crippen MR) is 65.0 cm³/mol. The Balaban J connectivity index is 1.95. The molecule has 0 aliphatic heterocycles. The van der Waals surface area contributed by atoms with Crippen molar-refractivity contribution in [2.75, 3.05) is 5.32 Å². The second-order valence-corrected chi connectivity index (χ2v) is 4.21. The fourth-order valence-electron chi connectivity index (χ4n) is 1.28. The largest absolute Gasteiger partial charge is 0.328 e. The van der Waals surface area contributed by atoms with E-state index >= 15 is 0 Å². The molecule has 0 fully saturated rings. The topological polar surface area (TPSA) is 46.9 Å². The molecule has 2 aromatic rings. The van der Waals surface area contributed by atoms with E-state index in [0.29, 0.717) is 0 Å². The number of aromatic nitrogens is 2. The number of carbonyl (C=O) groups is 1. The first-order valence-electron chi connectivity index (χ1n) is 4.75. The van der Waals surface area contributed by atoms with E-state index in [4.69, 9.17) is 0 Å². The Kier molecular flexibility index (Phi) is 3.36. The van der Waals surface area contributed by atoms with Crippen LogP contribution in [0.1, 0.15) is 0 Å². The highest BCUT2D eigenvalue weighted by Crippen LogP contribution is 2.13. The number of hydrogen-bond acceptors (Lipinski definition) is 2. The van der Waals surface area contributed by atoms with Crippen LogP contribution in [-0.4, -0.2) is 15.5 Å². The van der Waals surface area contributed by atoms with E-state index in [9.17, 15) is 4.79 Å². The molecular formula is C11H10BrN3O. The third kappa shape index (κ3) is 2.93. The molecule has 5 heteroatoms. The molecule has 0 bridgehead atoms. The summed E-state index contributed by atoms with van der Waals surface area (Å²) in [6, 6.07) is 7.45. The Morgan fingerprint density at radius 3 is 2.75 bits per heavy atom. The number of benzene rings is 1. The molecule has 16 heavy (non-hydrogen) atoms. The van der Waals surface area contributed by atoms with Crippen molar-refractivity contribution >= 4 is 27.5 Å². The van der Waals surface area contributed by atoms with Crippen molar-refractivity contribution < 1.29 is 4.79 Å². The second kappa shape index (κ2) is 4.94. The van der Waals surface area contributed by atoms with E-state index in [1.54, 1.807) is 23.3 Å². The highest BCUT2D eigenvalue weighted by molar-refractivity contribution is 9.10. The molecule has 1 aromatic heterocycles. The van der Waals surface area contributed by atoms with Crippen molar-refractivity contribution in [3.8, 4) is 0 Å². The summed E-state index contributed by atoms with van der Waals surface area (Å²) in [4.78, 5) is 15.5. The summed E-state index contributed by atoms with van der Waals surface area (Å²) < 4.78 is 2.70. The quantitative estimate of drug-likeness (QED) is 0.937. The number of hydrogen-bond donors (Lipinski definition) is 1. The molecule has 1 N–H and O–H groups in total. The third-order valence-electron chi connectivity index (χ3n) is 2.01. The van der Waals surface area contributed by atoms with Crippen molar-refractivity contribution in [1.29, 1.82) is 0 Å². The number of amides is 1. The van der Waals surface area contributed by atoms with E-state index in [2.05, 4.69) is 26.2 Å². The predicted octanol–water partition coefficient (Wildman–Crippen LogP) is 2.28. The van der Waals surface area contributed by atoms with Crippen molar-refractivity contribution in [2.24, 2.45) is 0 Å². The van der Waals surface area contributed by atoms with Crippen LogP contribution in [0.5, 0.6) is 0 Å². The lowest BCUT2D eigenvalue weighted by Crippen LogP contribution is -2.17. The maximum atomic E-state index is 11.6. The Labute approximate surface area is 101 Å². The van der Waals surface area contributed by atoms with Gasteiger partial charge < -0.3 is 9.88 Å². The van der Waals surface area contributed by atoms with Gasteiger partial charge in [0.1, 0.15) is 6.54 Å². The average Bonchev–Trinajstić information content (AvgIpc) is 2.74. The van der Waals surface area contributed by atoms with Crippen molar-refractivity contribution in [3.63, 3.8) is 0 Å². The molecule has 4 nitrogen and oxygen atoms in total. The van der Waals surface area contributed by atoms with E-state index in [-0.39, 0.29) is 12.5 Å². The Hall–Kier alpha value is -1.62. The van der Waals surface area contributed by atoms with Gasteiger partial charge in [0.05, 0.1) is 6.33 Å². The molecule has 0 aliphatic rings. The first-order valence-corrected chi connectivity index (χ1v) is 5.54. The molecule has 0 radical (unpaired) electrons. The van der Waals surface area contributed by atoms with Gasteiger partial charge in [-0.3, -0.25) is 4.79 Å². The zero-order valence-corrected chi connectivity index (χ0v) is 10.0. The number of nitrogens with zero attached hydrogens (tertiary/aromatic N) is 2. The van der Waals surface area contributed by atoms with Gasteiger partial charge in [-0.15, -0.1) is 0 Å². The van der Waals surface area contributed by atoms with Crippen LogP contribution in [0.3, 0.4) is 0 Å². The van der Waals surface area contributed by atoms with Crippen molar-refractivity contribution in [3.05, 3.63) is 47.5 Å². The maximum absolute atomic E-state index is 11.6. The number of carbonyl (C=O) groups excluding carboxylic acids is 1. The minimum atomic E-state index is -0.0691. The number of halogens is 1. The van der Waals surface area contributed by atoms with Gasteiger partial charge in [-0.25, -0.2) is 4.98 Å². The summed E-state index contributed by atoms with van der Waals surface area (Å²) in [5.74, 6) is -0.0691. The van der Waals surface area contributed by atoms with Gasteiger partial charge in [-0.2, -0.15) is 0 Å². The third-order valence-corrected chi connectivity index (χ3v) is 2.54. The standard InChI is InChI=1S/C11H10BrN3O/c12-9-1-3-10(4-2-9)14-11(16)7-15-6-5-13-8-15/h1-6,8H,7H2,(H,14,16). The number of anilines is 1. The lowest BCUT2D eigenvalue weighted by atomic mass is 10.3. The summed E-state index contributed by atoms with van der Waals surface area (Å²) in [5.41, 5.74) is 0.785. The fraction of sp³-hybridized carbons (Fsp3) is 0.0909. The van der Waals surface area contributed by atoms with Gasteiger partial charge in [0.15, 0.2) is 0 Å². The van der Waals surface area contributed by atoms with Gasteiger partial charge in [0.25, 0.3) is 0 Å². The van der Waals surface area contributed by atoms with Gasteiger partial charge in [-0.05, 0) is 24.3 Å². The van der Waals surface area contributed by atoms with Crippen molar-refractivity contribution in [2.45, 2.75) is 6.54 Å². The lowest BCUT2D eigenvalue weighted by Gasteiger charge is -2.05. The molecule has 1 aromatic carbocycles. The lowest BCUT2D eigenvalue weighted by molar-refractivity contribution is -0.116. The zero-order chi connectivity index (χ0) is 11.4. The van der Waals surface area contributed by atoms with Crippen LogP contribution in [-0.2, 0) is 11.3 Å². The van der Waals surface area contributed by atoms with Crippen LogP contribution in [0.25, 0.3) is 0 Å². The van der Waals surface area contributed by atoms with Crippen LogP contribution >= 0.6 is 15.9 Å². The molecule has 0 saturated carbocycles. The normalized spacial score (nSPS) is 10.1. The molecule has 2 rings (SSSR count). The summed E-state index contributed by atoms with van der Waals surface area (Å²) in [6.07, 6.45) is 5.01. The smallest absolute Gasteiger partial charge is 0.244 e. The molecular weight excluding hydrogens is 270 g/mol. The molecule has 0 spiro atoms. The van der Waals surface area contributed by atoms with Gasteiger partial charge in [-0.1, -0.05) is 15.9 Å². The minimum Gasteiger partial charge on any atom is -0.328 e. The first kappa shape index (κ1) is 10.9. The number of nitrogens with one attached hydrogen (secondary N) is 1. The second-order valence-electron chi connectivity index (χ2n) is 3.29. The van der Waals surface area contributed by atoms with E-state index in [0.717, 1.165) is 10.2 Å². The van der Waals surface area contributed by atoms with E-state index in [1.165, 1.54) is 0 Å². The molecule has 0 atom stereocenters. The summed E-state index contributed by atoms with van der Waals surface area (Å²) in [7, 11) is 0. The molecule has 0 saturated heterocycles. The molecule has 0 unspecified atom stereocenters. The molecule has 1 amide bonds. The minimum absolute atomic E-state index is 0.0691. The Morgan fingerprint density at radius 2 is 2.12 bits per heavy atom. The molecule has 0 aliphatic carbocycles. The summed E-state index contributed by atoms with van der Waals surface area (Å²) >= 11 is 3.34. The Bertz CT molecular complexity index is 464.